The van der Waals surface area contributed by atoms with E-state index in [0.717, 1.165) is 30.5 Å². The first-order valence-electron chi connectivity index (χ1n) is 10.6. The van der Waals surface area contributed by atoms with Crippen LogP contribution in [0.15, 0.2) is 54.6 Å². The smallest absolute Gasteiger partial charge is 0.268 e. The highest BCUT2D eigenvalue weighted by molar-refractivity contribution is 6.01. The number of nitrogens with one attached hydrogen (secondary N) is 2. The van der Waals surface area contributed by atoms with E-state index in [9.17, 15) is 9.59 Å². The first-order valence-corrected chi connectivity index (χ1v) is 10.6. The molecule has 1 saturated heterocycles. The Labute approximate surface area is 182 Å². The third kappa shape index (κ3) is 4.72. The summed E-state index contributed by atoms with van der Waals surface area (Å²) < 4.78 is 5.35. The van der Waals surface area contributed by atoms with Crippen LogP contribution in [0.2, 0.25) is 0 Å². The molecule has 1 atom stereocenters. The molecule has 0 bridgehead atoms. The fraction of sp³-hybridized carbons (Fsp3) is 0.333. The molecule has 1 aliphatic rings. The summed E-state index contributed by atoms with van der Waals surface area (Å²) in [5.74, 6) is 0.341. The molecule has 3 aromatic rings. The number of fused-ring (bicyclic) bond motifs is 1. The van der Waals surface area contributed by atoms with Crippen LogP contribution < -0.4 is 10.1 Å². The predicted molar refractivity (Wildman–Crippen MR) is 120 cm³/mol. The van der Waals surface area contributed by atoms with Crippen LogP contribution >= 0.6 is 0 Å². The number of hydrogen-bond donors (Lipinski definition) is 2. The van der Waals surface area contributed by atoms with Crippen molar-refractivity contribution < 1.29 is 14.3 Å². The molecule has 0 aliphatic carbocycles. The van der Waals surface area contributed by atoms with Gasteiger partial charge in [0.2, 0.25) is 5.91 Å². The summed E-state index contributed by atoms with van der Waals surface area (Å²) in [5, 5.41) is 3.66. The molecule has 1 aromatic heterocycles. The number of benzene rings is 2. The summed E-state index contributed by atoms with van der Waals surface area (Å²) in [7, 11) is 1.60. The van der Waals surface area contributed by atoms with E-state index in [-0.39, 0.29) is 11.8 Å². The van der Waals surface area contributed by atoms with Crippen molar-refractivity contribution in [3.8, 4) is 5.75 Å². The molecule has 2 amide bonds. The van der Waals surface area contributed by atoms with Crippen molar-refractivity contribution in [2.75, 3.05) is 33.3 Å². The summed E-state index contributed by atoms with van der Waals surface area (Å²) in [6.07, 6.45) is 0. The van der Waals surface area contributed by atoms with Crippen LogP contribution in [0.3, 0.4) is 0 Å². The highest BCUT2D eigenvalue weighted by Crippen LogP contribution is 2.26. The molecule has 0 unspecified atom stereocenters. The summed E-state index contributed by atoms with van der Waals surface area (Å²) in [4.78, 5) is 32.9. The van der Waals surface area contributed by atoms with Crippen molar-refractivity contribution in [2.45, 2.75) is 19.5 Å². The lowest BCUT2D eigenvalue weighted by Crippen LogP contribution is -2.53. The minimum atomic E-state index is -0.596. The van der Waals surface area contributed by atoms with Crippen molar-refractivity contribution in [1.82, 2.24) is 20.1 Å². The number of H-pyrrole nitrogens is 1. The van der Waals surface area contributed by atoms with Gasteiger partial charge in [0, 0.05) is 43.6 Å². The fourth-order valence-corrected chi connectivity index (χ4v) is 4.01. The molecule has 1 fully saturated rings. The maximum Gasteiger partial charge on any atom is 0.268 e. The average molecular weight is 421 g/mol. The number of methoxy groups -OCH3 is 1. The molecule has 7 heteroatoms. The lowest BCUT2D eigenvalue weighted by molar-refractivity contribution is -0.134. The number of amides is 2. The number of nitrogens with zero attached hydrogens (tertiary/aromatic N) is 2. The minimum Gasteiger partial charge on any atom is -0.496 e. The zero-order valence-corrected chi connectivity index (χ0v) is 17.9. The third-order valence-electron chi connectivity index (χ3n) is 5.74. The monoisotopic (exact) mass is 420 g/mol. The first kappa shape index (κ1) is 20.9. The zero-order valence-electron chi connectivity index (χ0n) is 17.9. The molecule has 4 rings (SSSR count). The number of rotatable bonds is 6. The number of hydrogen-bond acceptors (Lipinski definition) is 4. The maximum atomic E-state index is 12.9. The second-order valence-electron chi connectivity index (χ2n) is 7.89. The van der Waals surface area contributed by atoms with Crippen molar-refractivity contribution >= 4 is 22.7 Å². The number of ether oxygens (including phenoxy) is 1. The van der Waals surface area contributed by atoms with E-state index in [2.05, 4.69) is 27.3 Å². The standard InChI is InChI=1S/C24H28N4O3/c1-17(25-23(29)21-15-19-20(26-21)9-6-10-22(19)31-2)24(30)28-13-11-27(12-14-28)16-18-7-4-3-5-8-18/h3-10,15,17,26H,11-14,16H2,1-2H3,(H,25,29)/t17-/m1/s1. The van der Waals surface area contributed by atoms with Crippen LogP contribution in [0.1, 0.15) is 23.0 Å². The molecule has 31 heavy (non-hydrogen) atoms. The molecular weight excluding hydrogens is 392 g/mol. The van der Waals surface area contributed by atoms with Crippen LogP contribution in [0.4, 0.5) is 0 Å². The van der Waals surface area contributed by atoms with E-state index in [1.807, 2.05) is 41.3 Å². The van der Waals surface area contributed by atoms with Gasteiger partial charge in [0.1, 0.15) is 17.5 Å². The lowest BCUT2D eigenvalue weighted by atomic mass is 10.2. The van der Waals surface area contributed by atoms with E-state index in [1.54, 1.807) is 20.1 Å². The predicted octanol–water partition coefficient (Wildman–Crippen LogP) is 2.64. The summed E-state index contributed by atoms with van der Waals surface area (Å²) >= 11 is 0. The number of carbonyl (C=O) groups is 2. The lowest BCUT2D eigenvalue weighted by Gasteiger charge is -2.36. The van der Waals surface area contributed by atoms with Gasteiger partial charge in [-0.1, -0.05) is 36.4 Å². The van der Waals surface area contributed by atoms with Crippen LogP contribution in [-0.2, 0) is 11.3 Å². The number of aromatic amines is 1. The van der Waals surface area contributed by atoms with Crippen LogP contribution in [0.5, 0.6) is 5.75 Å². The molecule has 162 valence electrons. The van der Waals surface area contributed by atoms with Crippen LogP contribution in [0, 0.1) is 0 Å². The van der Waals surface area contributed by atoms with Gasteiger partial charge < -0.3 is 19.9 Å². The number of carbonyl (C=O) groups excluding carboxylic acids is 2. The second kappa shape index (κ2) is 9.22. The third-order valence-corrected chi connectivity index (χ3v) is 5.74. The summed E-state index contributed by atoms with van der Waals surface area (Å²) in [5.41, 5.74) is 2.50. The highest BCUT2D eigenvalue weighted by Gasteiger charge is 2.26. The van der Waals surface area contributed by atoms with E-state index < -0.39 is 6.04 Å². The Morgan fingerprint density at radius 1 is 1.06 bits per heavy atom. The Morgan fingerprint density at radius 3 is 2.52 bits per heavy atom. The van der Waals surface area contributed by atoms with Gasteiger partial charge >= 0.3 is 0 Å². The first-order chi connectivity index (χ1) is 15.0. The SMILES string of the molecule is COc1cccc2[nH]c(C(=O)N[C@H](C)C(=O)N3CCN(Cc4ccccc4)CC3)cc12. The second-order valence-corrected chi connectivity index (χ2v) is 7.89. The summed E-state index contributed by atoms with van der Waals surface area (Å²) in [6, 6.07) is 17.1. The topological polar surface area (TPSA) is 77.7 Å². The van der Waals surface area contributed by atoms with Gasteiger partial charge in [0.15, 0.2) is 0 Å². The molecule has 0 saturated carbocycles. The van der Waals surface area contributed by atoms with Crippen molar-refractivity contribution in [2.24, 2.45) is 0 Å². The highest BCUT2D eigenvalue weighted by atomic mass is 16.5. The molecule has 0 radical (unpaired) electrons. The van der Waals surface area contributed by atoms with Crippen molar-refractivity contribution in [3.05, 3.63) is 65.9 Å². The Hall–Kier alpha value is -3.32. The van der Waals surface area contributed by atoms with Gasteiger partial charge in [-0.3, -0.25) is 14.5 Å². The molecular formula is C24H28N4O3. The van der Waals surface area contributed by atoms with Gasteiger partial charge in [-0.15, -0.1) is 0 Å². The fourth-order valence-electron chi connectivity index (χ4n) is 4.01. The molecule has 0 spiro atoms. The molecule has 2 heterocycles. The Balaban J connectivity index is 1.32. The van der Waals surface area contributed by atoms with Crippen LogP contribution in [0.25, 0.3) is 10.9 Å². The molecule has 1 aliphatic heterocycles. The van der Waals surface area contributed by atoms with Gasteiger partial charge in [-0.2, -0.15) is 0 Å². The Morgan fingerprint density at radius 2 is 1.81 bits per heavy atom. The van der Waals surface area contributed by atoms with Gasteiger partial charge in [0.25, 0.3) is 5.91 Å². The molecule has 2 N–H and O–H groups in total. The quantitative estimate of drug-likeness (QED) is 0.643. The largest absolute Gasteiger partial charge is 0.496 e. The minimum absolute atomic E-state index is 0.0543. The molecule has 7 nitrogen and oxygen atoms in total. The van der Waals surface area contributed by atoms with Crippen molar-refractivity contribution in [1.29, 1.82) is 0 Å². The van der Waals surface area contributed by atoms with E-state index in [0.29, 0.717) is 24.5 Å². The Bertz CT molecular complexity index is 1060. The maximum absolute atomic E-state index is 12.9. The number of aromatic nitrogens is 1. The average Bonchev–Trinajstić information content (AvgIpc) is 3.24. The van der Waals surface area contributed by atoms with Crippen LogP contribution in [-0.4, -0.2) is 65.9 Å². The zero-order chi connectivity index (χ0) is 21.8. The summed E-state index contributed by atoms with van der Waals surface area (Å²) in [6.45, 7) is 5.59. The van der Waals surface area contributed by atoms with E-state index >= 15 is 0 Å². The normalized spacial score (nSPS) is 15.6. The molecule has 2 aromatic carbocycles. The Kier molecular flexibility index (Phi) is 6.23. The van der Waals surface area contributed by atoms with Gasteiger partial charge in [0.05, 0.1) is 7.11 Å². The van der Waals surface area contributed by atoms with Gasteiger partial charge in [-0.05, 0) is 30.7 Å². The van der Waals surface area contributed by atoms with Gasteiger partial charge in [-0.25, -0.2) is 0 Å². The van der Waals surface area contributed by atoms with E-state index in [1.165, 1.54) is 5.56 Å². The number of piperazine rings is 1. The van der Waals surface area contributed by atoms with E-state index in [4.69, 9.17) is 4.74 Å². The van der Waals surface area contributed by atoms with Crippen molar-refractivity contribution in [3.63, 3.8) is 0 Å².